The predicted molar refractivity (Wildman–Crippen MR) is 77.2 cm³/mol. The Morgan fingerprint density at radius 2 is 1.85 bits per heavy atom. The van der Waals surface area contributed by atoms with E-state index >= 15 is 0 Å². The fourth-order valence-electron chi connectivity index (χ4n) is 2.77. The van der Waals surface area contributed by atoms with E-state index in [0.29, 0.717) is 0 Å². The van der Waals surface area contributed by atoms with Crippen LogP contribution in [0, 0.1) is 0 Å². The molecule has 2 heterocycles. The third-order valence-electron chi connectivity index (χ3n) is 3.50. The topological polar surface area (TPSA) is 38.5 Å². The molecule has 0 spiro atoms. The molecule has 1 fully saturated rings. The molecule has 20 heavy (non-hydrogen) atoms. The molecule has 0 amide bonds. The van der Waals surface area contributed by atoms with Gasteiger partial charge in [0, 0.05) is 24.7 Å². The van der Waals surface area contributed by atoms with Crippen molar-refractivity contribution >= 4 is 0 Å². The molecular weight excluding hydrogens is 252 g/mol. The Labute approximate surface area is 119 Å². The van der Waals surface area contributed by atoms with Crippen LogP contribution in [0.25, 0.3) is 11.3 Å². The number of aromatic nitrogens is 1. The first-order chi connectivity index (χ1) is 9.70. The fourth-order valence-corrected chi connectivity index (χ4v) is 2.77. The van der Waals surface area contributed by atoms with Crippen LogP contribution in [0.15, 0.2) is 40.9 Å². The summed E-state index contributed by atoms with van der Waals surface area (Å²) in [5.74, 6) is 0.908. The van der Waals surface area contributed by atoms with Crippen LogP contribution >= 0.6 is 0 Å². The van der Waals surface area contributed by atoms with Gasteiger partial charge < -0.3 is 9.26 Å². The van der Waals surface area contributed by atoms with Crippen molar-refractivity contribution in [2.24, 2.45) is 0 Å². The van der Waals surface area contributed by atoms with E-state index in [9.17, 15) is 0 Å². The Morgan fingerprint density at radius 3 is 2.55 bits per heavy atom. The number of hydrogen-bond acceptors (Lipinski definition) is 4. The first kappa shape index (κ1) is 13.3. The molecule has 2 atom stereocenters. The number of benzene rings is 1. The Hall–Kier alpha value is -1.65. The third-order valence-corrected chi connectivity index (χ3v) is 3.50. The van der Waals surface area contributed by atoms with Crippen LogP contribution < -0.4 is 0 Å². The van der Waals surface area contributed by atoms with Crippen molar-refractivity contribution in [3.05, 3.63) is 42.2 Å². The highest BCUT2D eigenvalue weighted by molar-refractivity contribution is 5.58. The highest BCUT2D eigenvalue weighted by atomic mass is 16.5. The summed E-state index contributed by atoms with van der Waals surface area (Å²) in [5, 5.41) is 4.16. The van der Waals surface area contributed by atoms with Gasteiger partial charge in [0.05, 0.1) is 18.8 Å². The second-order valence-corrected chi connectivity index (χ2v) is 5.50. The highest BCUT2D eigenvalue weighted by Gasteiger charge is 2.23. The van der Waals surface area contributed by atoms with Crippen molar-refractivity contribution in [1.29, 1.82) is 0 Å². The molecule has 1 aromatic carbocycles. The molecule has 0 aliphatic carbocycles. The van der Waals surface area contributed by atoms with Gasteiger partial charge in [0.1, 0.15) is 5.69 Å². The van der Waals surface area contributed by atoms with Crippen molar-refractivity contribution in [2.45, 2.75) is 32.6 Å². The average Bonchev–Trinajstić information content (AvgIpc) is 2.87. The first-order valence-corrected chi connectivity index (χ1v) is 7.09. The maximum Gasteiger partial charge on any atom is 0.151 e. The van der Waals surface area contributed by atoms with Crippen molar-refractivity contribution in [3.8, 4) is 11.3 Å². The maximum absolute atomic E-state index is 5.74. The van der Waals surface area contributed by atoms with Crippen molar-refractivity contribution in [1.82, 2.24) is 10.1 Å². The Kier molecular flexibility index (Phi) is 3.85. The lowest BCUT2D eigenvalue weighted by molar-refractivity contribution is -0.0721. The van der Waals surface area contributed by atoms with E-state index in [4.69, 9.17) is 9.26 Å². The molecule has 0 saturated carbocycles. The zero-order valence-corrected chi connectivity index (χ0v) is 12.0. The second-order valence-electron chi connectivity index (χ2n) is 5.50. The molecule has 0 N–H and O–H groups in total. The largest absolute Gasteiger partial charge is 0.373 e. The average molecular weight is 272 g/mol. The molecule has 3 rings (SSSR count). The van der Waals surface area contributed by atoms with Gasteiger partial charge in [-0.25, -0.2) is 0 Å². The quantitative estimate of drug-likeness (QED) is 0.861. The monoisotopic (exact) mass is 272 g/mol. The van der Waals surface area contributed by atoms with Gasteiger partial charge in [0.15, 0.2) is 5.76 Å². The van der Waals surface area contributed by atoms with Crippen LogP contribution in [-0.2, 0) is 11.3 Å². The van der Waals surface area contributed by atoms with E-state index in [2.05, 4.69) is 23.9 Å². The van der Waals surface area contributed by atoms with Crippen molar-refractivity contribution in [3.63, 3.8) is 0 Å². The predicted octanol–water partition coefficient (Wildman–Crippen LogP) is 2.95. The molecule has 2 aromatic rings. The molecule has 106 valence electrons. The SMILES string of the molecule is CC1CN(Cc2cc(-c3ccccc3)no2)CC(C)O1. The maximum atomic E-state index is 5.74. The van der Waals surface area contributed by atoms with Gasteiger partial charge in [0.25, 0.3) is 0 Å². The van der Waals surface area contributed by atoms with Crippen LogP contribution in [0.2, 0.25) is 0 Å². The van der Waals surface area contributed by atoms with E-state index in [-0.39, 0.29) is 12.2 Å². The zero-order chi connectivity index (χ0) is 13.9. The summed E-state index contributed by atoms with van der Waals surface area (Å²) in [7, 11) is 0. The van der Waals surface area contributed by atoms with Gasteiger partial charge in [0.2, 0.25) is 0 Å². The van der Waals surface area contributed by atoms with Crippen molar-refractivity contribution in [2.75, 3.05) is 13.1 Å². The second kappa shape index (κ2) is 5.77. The van der Waals surface area contributed by atoms with E-state index < -0.39 is 0 Å². The molecule has 1 saturated heterocycles. The van der Waals surface area contributed by atoms with Gasteiger partial charge in [-0.1, -0.05) is 35.5 Å². The lowest BCUT2D eigenvalue weighted by Gasteiger charge is -2.34. The number of nitrogens with zero attached hydrogens (tertiary/aromatic N) is 2. The summed E-state index contributed by atoms with van der Waals surface area (Å²) in [6.45, 7) is 6.88. The Morgan fingerprint density at radius 1 is 1.15 bits per heavy atom. The molecule has 4 nitrogen and oxygen atoms in total. The highest BCUT2D eigenvalue weighted by Crippen LogP contribution is 2.20. The van der Waals surface area contributed by atoms with Gasteiger partial charge >= 0.3 is 0 Å². The molecule has 1 aromatic heterocycles. The summed E-state index contributed by atoms with van der Waals surface area (Å²) in [6.07, 6.45) is 0.547. The lowest BCUT2D eigenvalue weighted by Crippen LogP contribution is -2.44. The summed E-state index contributed by atoms with van der Waals surface area (Å²) < 4.78 is 11.2. The molecular formula is C16H20N2O2. The number of rotatable bonds is 3. The van der Waals surface area contributed by atoms with E-state index in [1.165, 1.54) is 0 Å². The van der Waals surface area contributed by atoms with Crippen LogP contribution in [0.3, 0.4) is 0 Å². The van der Waals surface area contributed by atoms with Crippen LogP contribution in [0.5, 0.6) is 0 Å². The summed E-state index contributed by atoms with van der Waals surface area (Å²) >= 11 is 0. The number of hydrogen-bond donors (Lipinski definition) is 0. The number of morpholine rings is 1. The van der Waals surface area contributed by atoms with E-state index in [1.54, 1.807) is 0 Å². The standard InChI is InChI=1S/C16H20N2O2/c1-12-9-18(10-13(2)19-12)11-15-8-16(17-20-15)14-6-4-3-5-7-14/h3-8,12-13H,9-11H2,1-2H3. The minimum atomic E-state index is 0.273. The van der Waals surface area contributed by atoms with Crippen LogP contribution in [0.1, 0.15) is 19.6 Å². The normalized spacial score (nSPS) is 23.9. The minimum absolute atomic E-state index is 0.273. The molecule has 0 bridgehead atoms. The molecule has 2 unspecified atom stereocenters. The van der Waals surface area contributed by atoms with Gasteiger partial charge in [-0.05, 0) is 13.8 Å². The molecule has 1 aliphatic heterocycles. The van der Waals surface area contributed by atoms with Gasteiger partial charge in [-0.3, -0.25) is 4.90 Å². The zero-order valence-electron chi connectivity index (χ0n) is 12.0. The fraction of sp³-hybridized carbons (Fsp3) is 0.438. The first-order valence-electron chi connectivity index (χ1n) is 7.09. The smallest absolute Gasteiger partial charge is 0.151 e. The molecule has 1 aliphatic rings. The summed E-state index contributed by atoms with van der Waals surface area (Å²) in [5.41, 5.74) is 1.99. The molecule has 0 radical (unpaired) electrons. The third kappa shape index (κ3) is 3.08. The Bertz CT molecular complexity index is 543. The van der Waals surface area contributed by atoms with Crippen molar-refractivity contribution < 1.29 is 9.26 Å². The van der Waals surface area contributed by atoms with Gasteiger partial charge in [-0.15, -0.1) is 0 Å². The molecule has 4 heteroatoms. The summed E-state index contributed by atoms with van der Waals surface area (Å²) in [4.78, 5) is 2.36. The van der Waals surface area contributed by atoms with Crippen LogP contribution in [0.4, 0.5) is 0 Å². The number of ether oxygens (including phenoxy) is 1. The minimum Gasteiger partial charge on any atom is -0.373 e. The summed E-state index contributed by atoms with van der Waals surface area (Å²) in [6, 6.07) is 12.1. The van der Waals surface area contributed by atoms with Gasteiger partial charge in [-0.2, -0.15) is 0 Å². The lowest BCUT2D eigenvalue weighted by atomic mass is 10.1. The van der Waals surface area contributed by atoms with Crippen LogP contribution in [-0.4, -0.2) is 35.4 Å². The van der Waals surface area contributed by atoms with E-state index in [0.717, 1.165) is 36.7 Å². The van der Waals surface area contributed by atoms with E-state index in [1.807, 2.05) is 36.4 Å². The Balaban J connectivity index is 1.68.